The van der Waals surface area contributed by atoms with Gasteiger partial charge in [-0.25, -0.2) is 0 Å². The number of anilines is 3. The minimum atomic E-state index is 0.870. The molecule has 0 amide bonds. The Morgan fingerprint density at radius 1 is 0.279 bits per heavy atom. The fraction of sp³-hybridized carbons (Fsp3) is 0. The van der Waals surface area contributed by atoms with Gasteiger partial charge < -0.3 is 13.7 Å². The molecule has 0 spiro atoms. The van der Waals surface area contributed by atoms with Gasteiger partial charge in [0.15, 0.2) is 0 Å². The first kappa shape index (κ1) is 34.9. The van der Waals surface area contributed by atoms with Crippen LogP contribution in [0, 0.1) is 0 Å². The van der Waals surface area contributed by atoms with E-state index in [0.717, 1.165) is 88.8 Å². The molecule has 12 rings (SSSR count). The average Bonchev–Trinajstić information content (AvgIpc) is 3.90. The van der Waals surface area contributed by atoms with Crippen LogP contribution in [0.15, 0.2) is 233 Å². The first-order chi connectivity index (χ1) is 30.3. The molecule has 3 heteroatoms. The van der Waals surface area contributed by atoms with Gasteiger partial charge in [0.2, 0.25) is 0 Å². The molecule has 0 aliphatic carbocycles. The summed E-state index contributed by atoms with van der Waals surface area (Å²) in [6.45, 7) is 0. The highest BCUT2D eigenvalue weighted by molar-refractivity contribution is 6.13. The molecule has 0 atom stereocenters. The monoisotopic (exact) mass is 779 g/mol. The van der Waals surface area contributed by atoms with E-state index in [-0.39, 0.29) is 0 Å². The zero-order valence-electron chi connectivity index (χ0n) is 33.1. The Bertz CT molecular complexity index is 3590. The third-order valence-electron chi connectivity index (χ3n) is 12.1. The van der Waals surface area contributed by atoms with Gasteiger partial charge in [-0.15, -0.1) is 0 Å². The molecule has 0 fully saturated rings. The highest BCUT2D eigenvalue weighted by Gasteiger charge is 2.23. The molecule has 2 aromatic heterocycles. The summed E-state index contributed by atoms with van der Waals surface area (Å²) in [4.78, 5) is 2.43. The molecule has 0 bridgehead atoms. The smallest absolute Gasteiger partial charge is 0.136 e. The predicted molar refractivity (Wildman–Crippen MR) is 255 cm³/mol. The number of fused-ring (bicyclic) bond motifs is 7. The first-order valence-corrected chi connectivity index (χ1v) is 20.7. The van der Waals surface area contributed by atoms with Crippen LogP contribution in [0.3, 0.4) is 0 Å². The van der Waals surface area contributed by atoms with E-state index in [1.165, 1.54) is 27.5 Å². The topological polar surface area (TPSA) is 29.5 Å². The van der Waals surface area contributed by atoms with Gasteiger partial charge in [-0.05, 0) is 98.8 Å². The van der Waals surface area contributed by atoms with Crippen LogP contribution in [0.25, 0.3) is 99.2 Å². The van der Waals surface area contributed by atoms with Gasteiger partial charge in [-0.3, -0.25) is 0 Å². The Hall–Kier alpha value is -8.14. The molecular formula is C58H37NO2. The summed E-state index contributed by atoms with van der Waals surface area (Å²) < 4.78 is 12.7. The van der Waals surface area contributed by atoms with Gasteiger partial charge in [0.05, 0.1) is 11.4 Å². The summed E-state index contributed by atoms with van der Waals surface area (Å²) in [7, 11) is 0. The van der Waals surface area contributed by atoms with Crippen LogP contribution >= 0.6 is 0 Å². The molecule has 0 saturated carbocycles. The molecule has 0 saturated heterocycles. The summed E-state index contributed by atoms with van der Waals surface area (Å²) in [5, 5.41) is 6.91. The molecule has 61 heavy (non-hydrogen) atoms. The molecule has 0 radical (unpaired) electrons. The summed E-state index contributed by atoms with van der Waals surface area (Å²) in [6.07, 6.45) is 0. The minimum Gasteiger partial charge on any atom is -0.456 e. The van der Waals surface area contributed by atoms with Crippen LogP contribution in [-0.4, -0.2) is 0 Å². The molecular weight excluding hydrogens is 743 g/mol. The maximum atomic E-state index is 6.44. The summed E-state index contributed by atoms with van der Waals surface area (Å²) in [5.41, 5.74) is 15.9. The highest BCUT2D eigenvalue weighted by atomic mass is 16.3. The number of para-hydroxylation sites is 4. The van der Waals surface area contributed by atoms with Crippen LogP contribution in [0.1, 0.15) is 0 Å². The number of furan rings is 2. The van der Waals surface area contributed by atoms with Gasteiger partial charge >= 0.3 is 0 Å². The van der Waals surface area contributed by atoms with Crippen LogP contribution in [0.2, 0.25) is 0 Å². The van der Waals surface area contributed by atoms with E-state index >= 15 is 0 Å². The second-order valence-corrected chi connectivity index (χ2v) is 15.6. The third-order valence-corrected chi connectivity index (χ3v) is 12.1. The van der Waals surface area contributed by atoms with Crippen molar-refractivity contribution in [2.45, 2.75) is 0 Å². The Balaban J connectivity index is 1.08. The molecule has 0 N–H and O–H groups in total. The SMILES string of the molecule is c1ccc(-c2cccc3cccc(-c4ccccc4N(c4ccc(-c5cccc6oc7ccccc7c56)cc4)c4ccccc4-c4ccc5c(c4)oc4ccccc45)c23)cc1. The standard InChI is InChI=1S/C58H37NO2/c1-2-15-38(16-3-1)44-23-12-17-40-18-13-25-49(57(40)44)46-20-5-9-27-52(46)59(42-34-31-39(32-35-42)45-24-14-30-55-58(45)50-22-7-11-29-54(50)60-55)51-26-8-4-19-43(51)41-33-36-48-47-21-6-10-28-53(47)61-56(48)37-41/h1-37H. The van der Waals surface area contributed by atoms with Gasteiger partial charge in [0, 0.05) is 38.4 Å². The van der Waals surface area contributed by atoms with Crippen LogP contribution in [0.5, 0.6) is 0 Å². The number of hydrogen-bond acceptors (Lipinski definition) is 3. The van der Waals surface area contributed by atoms with Crippen molar-refractivity contribution < 1.29 is 8.83 Å². The van der Waals surface area contributed by atoms with Crippen molar-refractivity contribution >= 4 is 71.7 Å². The van der Waals surface area contributed by atoms with Crippen LogP contribution in [0.4, 0.5) is 17.1 Å². The van der Waals surface area contributed by atoms with Gasteiger partial charge in [-0.1, -0.05) is 170 Å². The first-order valence-electron chi connectivity index (χ1n) is 20.7. The summed E-state index contributed by atoms with van der Waals surface area (Å²) >= 11 is 0. The van der Waals surface area contributed by atoms with Crippen molar-refractivity contribution in [3.8, 4) is 44.5 Å². The Morgan fingerprint density at radius 2 is 0.787 bits per heavy atom. The van der Waals surface area contributed by atoms with Crippen LogP contribution in [-0.2, 0) is 0 Å². The van der Waals surface area contributed by atoms with Crippen LogP contribution < -0.4 is 4.90 Å². The van der Waals surface area contributed by atoms with Crippen molar-refractivity contribution in [1.29, 1.82) is 0 Å². The largest absolute Gasteiger partial charge is 0.456 e. The number of hydrogen-bond donors (Lipinski definition) is 0. The van der Waals surface area contributed by atoms with Gasteiger partial charge in [0.1, 0.15) is 22.3 Å². The lowest BCUT2D eigenvalue weighted by molar-refractivity contribution is 0.668. The fourth-order valence-corrected chi connectivity index (χ4v) is 9.34. The lowest BCUT2D eigenvalue weighted by Crippen LogP contribution is -2.12. The maximum absolute atomic E-state index is 6.44. The maximum Gasteiger partial charge on any atom is 0.136 e. The Labute approximate surface area is 353 Å². The molecule has 286 valence electrons. The quantitative estimate of drug-likeness (QED) is 0.161. The second-order valence-electron chi connectivity index (χ2n) is 15.6. The van der Waals surface area contributed by atoms with E-state index in [2.05, 4.69) is 205 Å². The van der Waals surface area contributed by atoms with Crippen molar-refractivity contribution in [3.05, 3.63) is 224 Å². The lowest BCUT2D eigenvalue weighted by atomic mass is 9.90. The van der Waals surface area contributed by atoms with E-state index in [1.54, 1.807) is 0 Å². The fourth-order valence-electron chi connectivity index (χ4n) is 9.34. The molecule has 12 aromatic rings. The minimum absolute atomic E-state index is 0.870. The van der Waals surface area contributed by atoms with Gasteiger partial charge in [0.25, 0.3) is 0 Å². The van der Waals surface area contributed by atoms with Gasteiger partial charge in [-0.2, -0.15) is 0 Å². The average molecular weight is 780 g/mol. The molecule has 3 nitrogen and oxygen atoms in total. The second kappa shape index (κ2) is 14.3. The molecule has 2 heterocycles. The number of benzene rings is 10. The normalized spacial score (nSPS) is 11.6. The van der Waals surface area contributed by atoms with Crippen molar-refractivity contribution in [1.82, 2.24) is 0 Å². The van der Waals surface area contributed by atoms with Crippen molar-refractivity contribution in [3.63, 3.8) is 0 Å². The predicted octanol–water partition coefficient (Wildman–Crippen LogP) is 16.8. The zero-order chi connectivity index (χ0) is 40.3. The van der Waals surface area contributed by atoms with Crippen molar-refractivity contribution in [2.75, 3.05) is 4.90 Å². The number of rotatable bonds is 7. The number of nitrogens with zero attached hydrogens (tertiary/aromatic N) is 1. The van der Waals surface area contributed by atoms with E-state index in [4.69, 9.17) is 8.83 Å². The van der Waals surface area contributed by atoms with E-state index in [0.29, 0.717) is 0 Å². The highest BCUT2D eigenvalue weighted by Crippen LogP contribution is 2.48. The zero-order valence-corrected chi connectivity index (χ0v) is 33.1. The molecule has 10 aromatic carbocycles. The summed E-state index contributed by atoms with van der Waals surface area (Å²) in [5.74, 6) is 0. The Morgan fingerprint density at radius 3 is 1.57 bits per heavy atom. The van der Waals surface area contributed by atoms with E-state index in [9.17, 15) is 0 Å². The third kappa shape index (κ3) is 5.82. The molecule has 0 unspecified atom stereocenters. The van der Waals surface area contributed by atoms with E-state index in [1.807, 2.05) is 24.3 Å². The molecule has 0 aliphatic rings. The summed E-state index contributed by atoms with van der Waals surface area (Å²) in [6, 6.07) is 80.1. The van der Waals surface area contributed by atoms with E-state index < -0.39 is 0 Å². The van der Waals surface area contributed by atoms with Crippen molar-refractivity contribution in [2.24, 2.45) is 0 Å². The lowest BCUT2D eigenvalue weighted by Gasteiger charge is -2.30. The molecule has 0 aliphatic heterocycles. The Kier molecular flexibility index (Phi) is 8.17.